The van der Waals surface area contributed by atoms with Crippen LogP contribution < -0.4 is 9.73 Å². The molecule has 0 saturated heterocycles. The zero-order chi connectivity index (χ0) is 24.8. The first-order valence-corrected chi connectivity index (χ1v) is 14.9. The number of nitrogens with one attached hydrogen (secondary N) is 1. The highest BCUT2D eigenvalue weighted by Gasteiger charge is 2.51. The van der Waals surface area contributed by atoms with Crippen molar-refractivity contribution in [3.63, 3.8) is 0 Å². The number of carbonyl (C=O) groups is 1. The molecule has 4 bridgehead atoms. The Morgan fingerprint density at radius 2 is 1.66 bits per heavy atom. The number of benzene rings is 2. The second-order valence-corrected chi connectivity index (χ2v) is 13.6. The van der Waals surface area contributed by atoms with Gasteiger partial charge in [-0.25, -0.2) is 13.8 Å². The van der Waals surface area contributed by atoms with Crippen LogP contribution in [0.2, 0.25) is 0 Å². The highest BCUT2D eigenvalue weighted by molar-refractivity contribution is 9.10. The second-order valence-electron chi connectivity index (χ2n) is 10.8. The van der Waals surface area contributed by atoms with Gasteiger partial charge >= 0.3 is 0 Å². The number of carbonyl (C=O) groups excluding carboxylic acids is 1. The van der Waals surface area contributed by atoms with Crippen LogP contribution in [0.4, 0.5) is 5.69 Å². The molecule has 1 N–H and O–H groups in total. The maximum absolute atomic E-state index is 12.6. The molecule has 186 valence electrons. The summed E-state index contributed by atoms with van der Waals surface area (Å²) >= 11 is 3.42. The SMILES string of the molecule is C/C(=N/NC(=O)CN(c1ccc(C23CC4CC(CC(C4)C2)C3)cc1)S(C)(=O)=O)c1cccc(Br)c1. The molecule has 8 heteroatoms. The van der Waals surface area contributed by atoms with E-state index in [0.717, 1.165) is 38.4 Å². The van der Waals surface area contributed by atoms with Gasteiger partial charge in [-0.1, -0.05) is 40.2 Å². The quantitative estimate of drug-likeness (QED) is 0.374. The molecule has 0 atom stereocenters. The maximum atomic E-state index is 12.6. The largest absolute Gasteiger partial charge is 0.271 e. The van der Waals surface area contributed by atoms with Crippen molar-refractivity contribution in [2.45, 2.75) is 50.9 Å². The van der Waals surface area contributed by atoms with Gasteiger partial charge in [-0.3, -0.25) is 9.10 Å². The summed E-state index contributed by atoms with van der Waals surface area (Å²) in [4.78, 5) is 12.6. The Kier molecular flexibility index (Phi) is 6.55. The highest BCUT2D eigenvalue weighted by atomic mass is 79.9. The van der Waals surface area contributed by atoms with E-state index in [9.17, 15) is 13.2 Å². The van der Waals surface area contributed by atoms with Crippen LogP contribution in [0, 0.1) is 17.8 Å². The lowest BCUT2D eigenvalue weighted by atomic mass is 9.48. The van der Waals surface area contributed by atoms with E-state index in [1.165, 1.54) is 44.1 Å². The normalized spacial score (nSPS) is 27.6. The topological polar surface area (TPSA) is 78.8 Å². The minimum absolute atomic E-state index is 0.249. The molecule has 0 aliphatic heterocycles. The number of rotatable bonds is 7. The molecule has 2 aromatic carbocycles. The van der Waals surface area contributed by atoms with Gasteiger partial charge in [-0.05, 0) is 104 Å². The van der Waals surface area contributed by atoms with Crippen molar-refractivity contribution in [1.29, 1.82) is 0 Å². The van der Waals surface area contributed by atoms with Gasteiger partial charge in [0.1, 0.15) is 6.54 Å². The van der Waals surface area contributed by atoms with Gasteiger partial charge in [0.05, 0.1) is 17.7 Å². The maximum Gasteiger partial charge on any atom is 0.260 e. The van der Waals surface area contributed by atoms with Crippen LogP contribution in [0.25, 0.3) is 0 Å². The lowest BCUT2D eigenvalue weighted by Gasteiger charge is -2.57. The Balaban J connectivity index is 1.30. The zero-order valence-corrected chi connectivity index (χ0v) is 22.6. The molecular formula is C27H32BrN3O3S. The van der Waals surface area contributed by atoms with Crippen molar-refractivity contribution >= 4 is 43.3 Å². The molecule has 4 aliphatic carbocycles. The molecule has 0 aromatic heterocycles. The molecule has 6 rings (SSSR count). The van der Waals surface area contributed by atoms with E-state index >= 15 is 0 Å². The number of halogens is 1. The van der Waals surface area contributed by atoms with Crippen molar-refractivity contribution in [2.24, 2.45) is 22.9 Å². The van der Waals surface area contributed by atoms with Crippen molar-refractivity contribution in [3.8, 4) is 0 Å². The zero-order valence-electron chi connectivity index (χ0n) is 20.2. The minimum atomic E-state index is -3.65. The lowest BCUT2D eigenvalue weighted by molar-refractivity contribution is -0.119. The number of nitrogens with zero attached hydrogens (tertiary/aromatic N) is 2. The van der Waals surface area contributed by atoms with Crippen LogP contribution in [0.5, 0.6) is 0 Å². The number of sulfonamides is 1. The number of hydrogen-bond acceptors (Lipinski definition) is 4. The van der Waals surface area contributed by atoms with Crippen LogP contribution in [-0.4, -0.2) is 32.8 Å². The van der Waals surface area contributed by atoms with Gasteiger partial charge in [0.15, 0.2) is 0 Å². The summed E-state index contributed by atoms with van der Waals surface area (Å²) in [5.74, 6) is 2.05. The van der Waals surface area contributed by atoms with Gasteiger partial charge < -0.3 is 0 Å². The number of hydrazone groups is 1. The second kappa shape index (κ2) is 9.36. The van der Waals surface area contributed by atoms with Crippen LogP contribution in [0.1, 0.15) is 56.6 Å². The van der Waals surface area contributed by atoms with E-state index in [1.54, 1.807) is 6.92 Å². The Morgan fingerprint density at radius 3 is 2.20 bits per heavy atom. The minimum Gasteiger partial charge on any atom is -0.271 e. The summed E-state index contributed by atoms with van der Waals surface area (Å²) in [6.07, 6.45) is 9.06. The van der Waals surface area contributed by atoms with E-state index in [-0.39, 0.29) is 12.0 Å². The summed E-state index contributed by atoms with van der Waals surface area (Å²) in [5.41, 5.74) is 6.07. The summed E-state index contributed by atoms with van der Waals surface area (Å²) in [5, 5.41) is 4.16. The van der Waals surface area contributed by atoms with Crippen molar-refractivity contribution < 1.29 is 13.2 Å². The summed E-state index contributed by atoms with van der Waals surface area (Å²) in [6, 6.07) is 15.5. The molecule has 0 heterocycles. The molecule has 0 spiro atoms. The molecule has 4 fully saturated rings. The highest BCUT2D eigenvalue weighted by Crippen LogP contribution is 2.60. The number of anilines is 1. The Bertz CT molecular complexity index is 1220. The first-order chi connectivity index (χ1) is 16.6. The van der Waals surface area contributed by atoms with Crippen LogP contribution in [-0.2, 0) is 20.2 Å². The van der Waals surface area contributed by atoms with E-state index in [2.05, 4.69) is 38.6 Å². The van der Waals surface area contributed by atoms with Crippen LogP contribution in [0.15, 0.2) is 58.1 Å². The lowest BCUT2D eigenvalue weighted by Crippen LogP contribution is -2.48. The molecule has 1 amide bonds. The number of hydrogen-bond donors (Lipinski definition) is 1. The van der Waals surface area contributed by atoms with Gasteiger partial charge in [-0.2, -0.15) is 5.10 Å². The van der Waals surface area contributed by atoms with Crippen LogP contribution in [0.3, 0.4) is 0 Å². The monoisotopic (exact) mass is 557 g/mol. The fourth-order valence-corrected chi connectivity index (χ4v) is 8.19. The first kappa shape index (κ1) is 24.5. The molecule has 0 unspecified atom stereocenters. The molecular weight excluding hydrogens is 526 g/mol. The third-order valence-corrected chi connectivity index (χ3v) is 9.72. The third-order valence-electron chi connectivity index (χ3n) is 8.08. The Hall–Kier alpha value is -2.19. The first-order valence-electron chi connectivity index (χ1n) is 12.3. The predicted octanol–water partition coefficient (Wildman–Crippen LogP) is 5.22. The molecule has 6 nitrogen and oxygen atoms in total. The third kappa shape index (κ3) is 5.19. The standard InChI is InChI=1S/C27H32BrN3O3S/c1-18(22-4-3-5-24(28)13-22)29-30-26(32)17-31(35(2,33)34)25-8-6-23(7-9-25)27-14-19-10-20(15-27)12-21(11-19)16-27/h3-9,13,19-21H,10-12,14-17H2,1-2H3,(H,30,32)/b29-18-. The van der Waals surface area contributed by atoms with Gasteiger partial charge in [-0.15, -0.1) is 0 Å². The smallest absolute Gasteiger partial charge is 0.260 e. The molecule has 0 radical (unpaired) electrons. The van der Waals surface area contributed by atoms with Crippen molar-refractivity contribution in [1.82, 2.24) is 5.43 Å². The van der Waals surface area contributed by atoms with Crippen molar-refractivity contribution in [3.05, 3.63) is 64.1 Å². The van der Waals surface area contributed by atoms with Gasteiger partial charge in [0.25, 0.3) is 5.91 Å². The fourth-order valence-electron chi connectivity index (χ4n) is 6.94. The van der Waals surface area contributed by atoms with E-state index in [0.29, 0.717) is 11.4 Å². The van der Waals surface area contributed by atoms with E-state index < -0.39 is 15.9 Å². The molecule has 4 saturated carbocycles. The predicted molar refractivity (Wildman–Crippen MR) is 143 cm³/mol. The van der Waals surface area contributed by atoms with E-state index in [4.69, 9.17) is 0 Å². The average molecular weight is 559 g/mol. The summed E-state index contributed by atoms with van der Waals surface area (Å²) in [7, 11) is -3.65. The summed E-state index contributed by atoms with van der Waals surface area (Å²) < 4.78 is 27.2. The molecule has 4 aliphatic rings. The average Bonchev–Trinajstić information content (AvgIpc) is 2.79. The molecule has 2 aromatic rings. The van der Waals surface area contributed by atoms with Gasteiger partial charge in [0.2, 0.25) is 10.0 Å². The molecule has 35 heavy (non-hydrogen) atoms. The van der Waals surface area contributed by atoms with E-state index in [1.807, 2.05) is 36.4 Å². The summed E-state index contributed by atoms with van der Waals surface area (Å²) in [6.45, 7) is 1.46. The Labute approximate surface area is 216 Å². The van der Waals surface area contributed by atoms with Crippen LogP contribution >= 0.6 is 15.9 Å². The van der Waals surface area contributed by atoms with Crippen molar-refractivity contribution in [2.75, 3.05) is 17.1 Å². The van der Waals surface area contributed by atoms with Gasteiger partial charge in [0, 0.05) is 4.47 Å². The fraction of sp³-hybridized carbons (Fsp3) is 0.481. The number of amides is 1. The Morgan fingerprint density at radius 1 is 1.06 bits per heavy atom.